The van der Waals surface area contributed by atoms with Crippen LogP contribution in [-0.2, 0) is 11.1 Å². The van der Waals surface area contributed by atoms with Crippen LogP contribution in [0.25, 0.3) is 0 Å². The summed E-state index contributed by atoms with van der Waals surface area (Å²) in [5, 5.41) is 5.27. The molecule has 3 rings (SSSR count). The van der Waals surface area contributed by atoms with Crippen LogP contribution in [0.4, 0.5) is 0 Å². The molecule has 34 heavy (non-hydrogen) atoms. The number of carbonyl (C=O) groups is 1. The molecule has 0 aliphatic heterocycles. The molecule has 0 aromatic heterocycles. The van der Waals surface area contributed by atoms with E-state index < -0.39 is 7.37 Å². The van der Waals surface area contributed by atoms with Gasteiger partial charge in [-0.05, 0) is 61.6 Å². The second kappa shape index (κ2) is 16.5. The Labute approximate surface area is 228 Å². The van der Waals surface area contributed by atoms with Crippen LogP contribution in [-0.4, -0.2) is 30.0 Å². The highest BCUT2D eigenvalue weighted by atomic mass is 35.5. The van der Waals surface area contributed by atoms with Crippen LogP contribution in [0.2, 0.25) is 20.1 Å². The average molecular weight is 590 g/mol. The molecule has 1 aliphatic rings. The van der Waals surface area contributed by atoms with Crippen molar-refractivity contribution < 1.29 is 14.3 Å². The van der Waals surface area contributed by atoms with Crippen molar-refractivity contribution in [1.82, 2.24) is 5.32 Å². The Morgan fingerprint density at radius 3 is 2.15 bits per heavy atom. The van der Waals surface area contributed by atoms with Gasteiger partial charge in [0.1, 0.15) is 6.29 Å². The molecule has 1 fully saturated rings. The molecular formula is C24H31Cl5NO3P. The van der Waals surface area contributed by atoms with Gasteiger partial charge in [-0.3, -0.25) is 9.36 Å². The summed E-state index contributed by atoms with van der Waals surface area (Å²) in [6, 6.07) is 10.3. The first-order valence-electron chi connectivity index (χ1n) is 11.1. The summed E-state index contributed by atoms with van der Waals surface area (Å²) in [5.41, 5.74) is 1.60. The van der Waals surface area contributed by atoms with E-state index in [1.54, 1.807) is 18.2 Å². The molecule has 0 spiro atoms. The van der Waals surface area contributed by atoms with E-state index in [0.717, 1.165) is 37.7 Å². The molecule has 1 unspecified atom stereocenters. The molecule has 0 amide bonds. The van der Waals surface area contributed by atoms with E-state index in [1.165, 1.54) is 25.3 Å². The molecule has 0 bridgehead atoms. The van der Waals surface area contributed by atoms with Gasteiger partial charge in [0.05, 0.1) is 20.1 Å². The van der Waals surface area contributed by atoms with Crippen LogP contribution in [0.5, 0.6) is 0 Å². The molecular weight excluding hydrogens is 559 g/mol. The third-order valence-corrected chi connectivity index (χ3v) is 9.10. The van der Waals surface area contributed by atoms with Crippen LogP contribution in [0, 0.1) is 5.92 Å². The minimum atomic E-state index is -2.97. The summed E-state index contributed by atoms with van der Waals surface area (Å²) in [4.78, 5) is 20.3. The fourth-order valence-corrected chi connectivity index (χ4v) is 6.42. The fraction of sp³-hybridized carbons (Fsp3) is 0.458. The summed E-state index contributed by atoms with van der Waals surface area (Å²) in [5.74, 6) is 0.462. The lowest BCUT2D eigenvalue weighted by Crippen LogP contribution is -2.17. The van der Waals surface area contributed by atoms with E-state index in [4.69, 9.17) is 46.4 Å². The smallest absolute Gasteiger partial charge is 0.200 e. The Kier molecular flexibility index (Phi) is 15.4. The number of benzene rings is 2. The van der Waals surface area contributed by atoms with Gasteiger partial charge in [-0.25, -0.2) is 0 Å². The lowest BCUT2D eigenvalue weighted by molar-refractivity contribution is 0.112. The quantitative estimate of drug-likeness (QED) is 0.175. The summed E-state index contributed by atoms with van der Waals surface area (Å²) in [7, 11) is -2.97. The summed E-state index contributed by atoms with van der Waals surface area (Å²) in [6.45, 7) is 1.42. The minimum absolute atomic E-state index is 0. The first kappa shape index (κ1) is 31.7. The number of nitrogens with one attached hydrogen (secondary N) is 1. The van der Waals surface area contributed by atoms with Crippen molar-refractivity contribution >= 4 is 72.5 Å². The SMILES string of the molecule is Cl.O=Cc1ccc(Cl)c(Cl)c1.O=P(O)(CCCNCc1ccc(Cl)c(Cl)c1)CC1CCCCC1. The molecule has 1 atom stereocenters. The predicted molar refractivity (Wildman–Crippen MR) is 148 cm³/mol. The summed E-state index contributed by atoms with van der Waals surface area (Å²) < 4.78 is 12.3. The average Bonchev–Trinajstić information content (AvgIpc) is 2.78. The van der Waals surface area contributed by atoms with Crippen molar-refractivity contribution in [1.29, 1.82) is 0 Å². The van der Waals surface area contributed by atoms with E-state index in [-0.39, 0.29) is 12.4 Å². The van der Waals surface area contributed by atoms with Gasteiger partial charge in [0.15, 0.2) is 0 Å². The zero-order chi connectivity index (χ0) is 24.3. The van der Waals surface area contributed by atoms with Crippen molar-refractivity contribution in [2.24, 2.45) is 5.92 Å². The number of rotatable bonds is 9. The third-order valence-electron chi connectivity index (χ3n) is 5.52. The van der Waals surface area contributed by atoms with E-state index in [2.05, 4.69) is 5.32 Å². The monoisotopic (exact) mass is 587 g/mol. The first-order chi connectivity index (χ1) is 15.7. The van der Waals surface area contributed by atoms with Crippen molar-refractivity contribution in [3.05, 3.63) is 67.6 Å². The van der Waals surface area contributed by atoms with E-state index in [1.807, 2.05) is 12.1 Å². The standard InChI is InChI=1S/C17H26Cl2NO2P.C7H4Cl2O.ClH/c18-16-8-7-15(11-17(16)19)12-20-9-4-10-23(21,22)13-14-5-2-1-3-6-14;8-6-2-1-5(4-10)3-7(6)9;/h7-8,11,14,20H,1-6,9-10,12-13H2,(H,21,22);1-4H;1H. The van der Waals surface area contributed by atoms with Gasteiger partial charge in [-0.15, -0.1) is 12.4 Å². The molecule has 2 aromatic rings. The highest BCUT2D eigenvalue weighted by Crippen LogP contribution is 2.45. The minimum Gasteiger partial charge on any atom is -0.344 e. The maximum atomic E-state index is 12.3. The highest BCUT2D eigenvalue weighted by molar-refractivity contribution is 7.58. The molecule has 0 heterocycles. The van der Waals surface area contributed by atoms with Crippen LogP contribution < -0.4 is 5.32 Å². The Morgan fingerprint density at radius 2 is 1.56 bits per heavy atom. The zero-order valence-electron chi connectivity index (χ0n) is 18.8. The number of carbonyl (C=O) groups excluding carboxylic acids is 1. The number of hydrogen-bond acceptors (Lipinski definition) is 3. The van der Waals surface area contributed by atoms with Crippen molar-refractivity contribution in [3.8, 4) is 0 Å². The number of halogens is 5. The fourth-order valence-electron chi connectivity index (χ4n) is 3.78. The van der Waals surface area contributed by atoms with Crippen LogP contribution >= 0.6 is 66.2 Å². The van der Waals surface area contributed by atoms with Crippen molar-refractivity contribution in [2.75, 3.05) is 18.9 Å². The van der Waals surface area contributed by atoms with Gasteiger partial charge in [0.2, 0.25) is 7.37 Å². The van der Waals surface area contributed by atoms with Gasteiger partial charge in [0, 0.05) is 24.4 Å². The molecule has 10 heteroatoms. The molecule has 0 radical (unpaired) electrons. The summed E-state index contributed by atoms with van der Waals surface area (Å²) in [6.07, 6.45) is 8.35. The number of aldehydes is 1. The van der Waals surface area contributed by atoms with E-state index >= 15 is 0 Å². The second-order valence-corrected chi connectivity index (χ2v) is 12.5. The van der Waals surface area contributed by atoms with Crippen molar-refractivity contribution in [3.63, 3.8) is 0 Å². The maximum absolute atomic E-state index is 12.3. The second-order valence-electron chi connectivity index (χ2n) is 8.33. The maximum Gasteiger partial charge on any atom is 0.200 e. The lowest BCUT2D eigenvalue weighted by atomic mass is 9.91. The van der Waals surface area contributed by atoms with Gasteiger partial charge >= 0.3 is 0 Å². The molecule has 2 aromatic carbocycles. The Bertz CT molecular complexity index is 954. The Balaban J connectivity index is 0.000000442. The van der Waals surface area contributed by atoms with E-state index in [9.17, 15) is 14.3 Å². The molecule has 4 nitrogen and oxygen atoms in total. The van der Waals surface area contributed by atoms with E-state index in [0.29, 0.717) is 50.4 Å². The zero-order valence-corrected chi connectivity index (χ0v) is 23.6. The van der Waals surface area contributed by atoms with Gasteiger partial charge in [-0.1, -0.05) is 77.8 Å². The molecule has 1 saturated carbocycles. The Morgan fingerprint density at radius 1 is 0.941 bits per heavy atom. The molecule has 0 saturated heterocycles. The van der Waals surface area contributed by atoms with Gasteiger partial charge in [0.25, 0.3) is 0 Å². The van der Waals surface area contributed by atoms with Crippen molar-refractivity contribution in [2.45, 2.75) is 45.1 Å². The van der Waals surface area contributed by atoms with Crippen LogP contribution in [0.1, 0.15) is 54.4 Å². The van der Waals surface area contributed by atoms with Gasteiger partial charge in [-0.2, -0.15) is 0 Å². The summed E-state index contributed by atoms with van der Waals surface area (Å²) >= 11 is 23.1. The largest absolute Gasteiger partial charge is 0.344 e. The highest BCUT2D eigenvalue weighted by Gasteiger charge is 2.24. The third kappa shape index (κ3) is 12.1. The predicted octanol–water partition coefficient (Wildman–Crippen LogP) is 8.55. The number of hydrogen-bond donors (Lipinski definition) is 2. The molecule has 2 N–H and O–H groups in total. The lowest BCUT2D eigenvalue weighted by Gasteiger charge is -2.24. The first-order valence-corrected chi connectivity index (χ1v) is 14.6. The normalized spacial score (nSPS) is 15.4. The topological polar surface area (TPSA) is 66.4 Å². The molecule has 1 aliphatic carbocycles. The van der Waals surface area contributed by atoms with Crippen LogP contribution in [0.3, 0.4) is 0 Å². The van der Waals surface area contributed by atoms with Crippen LogP contribution in [0.15, 0.2) is 36.4 Å². The molecule has 190 valence electrons. The van der Waals surface area contributed by atoms with Gasteiger partial charge < -0.3 is 10.2 Å². The Hall–Kier alpha value is -0.290.